The van der Waals surface area contributed by atoms with Crippen molar-refractivity contribution in [3.8, 4) is 0 Å². The number of amidine groups is 1. The van der Waals surface area contributed by atoms with E-state index in [2.05, 4.69) is 10.5 Å². The van der Waals surface area contributed by atoms with Gasteiger partial charge in [-0.3, -0.25) is 0 Å². The van der Waals surface area contributed by atoms with Crippen LogP contribution in [0.15, 0.2) is 5.16 Å². The van der Waals surface area contributed by atoms with Gasteiger partial charge >= 0.3 is 6.18 Å². The van der Waals surface area contributed by atoms with Gasteiger partial charge < -0.3 is 21.0 Å². The lowest BCUT2D eigenvalue weighted by atomic mass is 10.1. The summed E-state index contributed by atoms with van der Waals surface area (Å²) in [6.07, 6.45) is -2.01. The van der Waals surface area contributed by atoms with Crippen molar-refractivity contribution in [3.63, 3.8) is 0 Å². The highest BCUT2D eigenvalue weighted by Gasteiger charge is 2.42. The minimum Gasteiger partial charge on any atom is -0.409 e. The summed E-state index contributed by atoms with van der Waals surface area (Å²) in [5, 5.41) is 13.4. The minimum absolute atomic E-state index is 0.385. The molecule has 0 saturated carbocycles. The van der Waals surface area contributed by atoms with Crippen molar-refractivity contribution in [1.82, 2.24) is 5.32 Å². The maximum Gasteiger partial charge on any atom is 0.400 e. The Morgan fingerprint density at radius 3 is 2.56 bits per heavy atom. The molecule has 0 aliphatic carbocycles. The number of nitrogens with zero attached hydrogens (tertiary/aromatic N) is 1. The normalized spacial score (nSPS) is 14.8. The van der Waals surface area contributed by atoms with Gasteiger partial charge in [-0.15, -0.1) is 0 Å². The van der Waals surface area contributed by atoms with Crippen LogP contribution in [0.1, 0.15) is 19.3 Å². The molecule has 0 radical (unpaired) electrons. The molecule has 0 aromatic rings. The van der Waals surface area contributed by atoms with Crippen LogP contribution in [0, 0.1) is 5.92 Å². The molecule has 0 aliphatic heterocycles. The molecule has 1 unspecified atom stereocenters. The van der Waals surface area contributed by atoms with E-state index in [0.717, 1.165) is 19.3 Å². The second kappa shape index (κ2) is 8.98. The molecule has 4 N–H and O–H groups in total. The van der Waals surface area contributed by atoms with Crippen molar-refractivity contribution >= 4 is 5.84 Å². The molecule has 0 spiro atoms. The van der Waals surface area contributed by atoms with Crippen LogP contribution in [0.5, 0.6) is 0 Å². The number of oxime groups is 1. The fourth-order valence-electron chi connectivity index (χ4n) is 1.38. The summed E-state index contributed by atoms with van der Waals surface area (Å²) in [5.41, 5.74) is 5.01. The Morgan fingerprint density at radius 1 is 1.39 bits per heavy atom. The first kappa shape index (κ1) is 17.0. The van der Waals surface area contributed by atoms with Gasteiger partial charge in [-0.25, -0.2) is 0 Å². The van der Waals surface area contributed by atoms with E-state index in [0.29, 0.717) is 13.2 Å². The largest absolute Gasteiger partial charge is 0.409 e. The first-order chi connectivity index (χ1) is 8.43. The Hall–Kier alpha value is -1.02. The molecule has 0 heterocycles. The van der Waals surface area contributed by atoms with Crippen LogP contribution in [0.4, 0.5) is 13.2 Å². The molecule has 1 atom stereocenters. The lowest BCUT2D eigenvalue weighted by molar-refractivity contribution is -0.154. The van der Waals surface area contributed by atoms with Gasteiger partial charge in [0.25, 0.3) is 0 Å². The van der Waals surface area contributed by atoms with E-state index in [1.807, 2.05) is 0 Å². The third-order valence-electron chi connectivity index (χ3n) is 2.42. The molecule has 5 nitrogen and oxygen atoms in total. The van der Waals surface area contributed by atoms with Gasteiger partial charge in [0.05, 0.1) is 0 Å². The highest BCUT2D eigenvalue weighted by molar-refractivity contribution is 5.83. The van der Waals surface area contributed by atoms with E-state index >= 15 is 0 Å². The topological polar surface area (TPSA) is 79.9 Å². The van der Waals surface area contributed by atoms with Gasteiger partial charge in [0, 0.05) is 20.3 Å². The van der Waals surface area contributed by atoms with Gasteiger partial charge in [0.1, 0.15) is 5.92 Å². The summed E-state index contributed by atoms with van der Waals surface area (Å²) in [5.74, 6) is -2.78. The second-order valence-electron chi connectivity index (χ2n) is 3.88. The maximum atomic E-state index is 12.5. The van der Waals surface area contributed by atoms with E-state index in [4.69, 9.17) is 15.7 Å². The number of hydrogen-bond acceptors (Lipinski definition) is 4. The predicted molar refractivity (Wildman–Crippen MR) is 61.6 cm³/mol. The number of ether oxygens (including phenoxy) is 1. The third-order valence-corrected chi connectivity index (χ3v) is 2.42. The van der Waals surface area contributed by atoms with Crippen LogP contribution >= 0.6 is 0 Å². The Labute approximate surface area is 104 Å². The van der Waals surface area contributed by atoms with Crippen molar-refractivity contribution in [2.75, 3.05) is 26.8 Å². The summed E-state index contributed by atoms with van der Waals surface area (Å²) < 4.78 is 42.4. The van der Waals surface area contributed by atoms with Crippen molar-refractivity contribution in [2.24, 2.45) is 16.8 Å². The van der Waals surface area contributed by atoms with Gasteiger partial charge in [0.15, 0.2) is 5.84 Å². The Morgan fingerprint density at radius 2 is 2.06 bits per heavy atom. The molecule has 18 heavy (non-hydrogen) atoms. The zero-order valence-corrected chi connectivity index (χ0v) is 10.3. The van der Waals surface area contributed by atoms with Crippen LogP contribution in [0.2, 0.25) is 0 Å². The lowest BCUT2D eigenvalue weighted by Crippen LogP contribution is -2.43. The number of unbranched alkanes of at least 4 members (excludes halogenated alkanes) is 2. The van der Waals surface area contributed by atoms with Crippen molar-refractivity contribution in [2.45, 2.75) is 25.4 Å². The van der Waals surface area contributed by atoms with Crippen LogP contribution in [-0.2, 0) is 4.74 Å². The van der Waals surface area contributed by atoms with E-state index in [-0.39, 0.29) is 6.54 Å². The van der Waals surface area contributed by atoms with Gasteiger partial charge in [0.2, 0.25) is 0 Å². The average Bonchev–Trinajstić information content (AvgIpc) is 2.30. The Kier molecular flexibility index (Phi) is 8.47. The summed E-state index contributed by atoms with van der Waals surface area (Å²) >= 11 is 0. The summed E-state index contributed by atoms with van der Waals surface area (Å²) in [7, 11) is 1.60. The fourth-order valence-corrected chi connectivity index (χ4v) is 1.38. The number of nitrogens with two attached hydrogens (primary N) is 1. The third kappa shape index (κ3) is 7.33. The molecule has 0 aliphatic rings. The smallest absolute Gasteiger partial charge is 0.400 e. The zero-order chi connectivity index (χ0) is 14.0. The zero-order valence-electron chi connectivity index (χ0n) is 10.3. The first-order valence-electron chi connectivity index (χ1n) is 5.67. The Bertz CT molecular complexity index is 247. The Balaban J connectivity index is 3.86. The van der Waals surface area contributed by atoms with Crippen molar-refractivity contribution in [1.29, 1.82) is 0 Å². The van der Waals surface area contributed by atoms with Gasteiger partial charge in [-0.1, -0.05) is 5.16 Å². The van der Waals surface area contributed by atoms with Crippen LogP contribution in [-0.4, -0.2) is 44.0 Å². The standard InChI is InChI=1S/C10H20F3N3O2/c1-18-6-4-2-3-5-15-7-8(9(14)16-17)10(11,12)13/h8,15,17H,2-7H2,1H3,(H2,14,16). The van der Waals surface area contributed by atoms with Gasteiger partial charge in [-0.05, 0) is 25.8 Å². The molecule has 0 rings (SSSR count). The predicted octanol–water partition coefficient (Wildman–Crippen LogP) is 1.32. The van der Waals surface area contributed by atoms with Crippen LogP contribution in [0.3, 0.4) is 0 Å². The van der Waals surface area contributed by atoms with E-state index in [1.54, 1.807) is 7.11 Å². The molecule has 0 aromatic heterocycles. The molecular weight excluding hydrogens is 251 g/mol. The van der Waals surface area contributed by atoms with E-state index in [1.165, 1.54) is 0 Å². The fraction of sp³-hybridized carbons (Fsp3) is 0.900. The number of methoxy groups -OCH3 is 1. The highest BCUT2D eigenvalue weighted by atomic mass is 19.4. The lowest BCUT2D eigenvalue weighted by Gasteiger charge is -2.19. The number of rotatable bonds is 9. The summed E-state index contributed by atoms with van der Waals surface area (Å²) in [6, 6.07) is 0. The molecule has 108 valence electrons. The SMILES string of the molecule is COCCCCCNCC(C(N)=NO)C(F)(F)F. The quantitative estimate of drug-likeness (QED) is 0.194. The summed E-state index contributed by atoms with van der Waals surface area (Å²) in [6.45, 7) is 0.716. The van der Waals surface area contributed by atoms with Crippen LogP contribution in [0.25, 0.3) is 0 Å². The second-order valence-corrected chi connectivity index (χ2v) is 3.88. The van der Waals surface area contributed by atoms with Crippen molar-refractivity contribution < 1.29 is 23.1 Å². The first-order valence-corrected chi connectivity index (χ1v) is 5.67. The van der Waals surface area contributed by atoms with E-state index in [9.17, 15) is 13.2 Å². The molecule has 0 saturated heterocycles. The number of alkyl halides is 3. The maximum absolute atomic E-state index is 12.5. The molecule has 0 fully saturated rings. The van der Waals surface area contributed by atoms with Crippen molar-refractivity contribution in [3.05, 3.63) is 0 Å². The number of nitrogens with one attached hydrogen (secondary N) is 1. The molecule has 0 bridgehead atoms. The summed E-state index contributed by atoms with van der Waals surface area (Å²) in [4.78, 5) is 0. The number of halogens is 3. The average molecular weight is 271 g/mol. The molecular formula is C10H20F3N3O2. The molecule has 0 amide bonds. The van der Waals surface area contributed by atoms with Gasteiger partial charge in [-0.2, -0.15) is 13.2 Å². The monoisotopic (exact) mass is 271 g/mol. The molecule has 0 aromatic carbocycles. The van der Waals surface area contributed by atoms with Crippen LogP contribution < -0.4 is 11.1 Å². The number of hydrogen-bond donors (Lipinski definition) is 3. The molecule has 8 heteroatoms. The highest BCUT2D eigenvalue weighted by Crippen LogP contribution is 2.25. The van der Waals surface area contributed by atoms with E-state index < -0.39 is 17.9 Å². The minimum atomic E-state index is -4.51.